The summed E-state index contributed by atoms with van der Waals surface area (Å²) in [6.45, 7) is 6.48. The number of carbonyl (C=O) groups excluding carboxylic acids is 2. The molecule has 0 unspecified atom stereocenters. The number of nitrogens with one attached hydrogen (secondary N) is 1. The highest BCUT2D eigenvalue weighted by Gasteiger charge is 2.22. The number of fused-ring (bicyclic) bond motifs is 1. The summed E-state index contributed by atoms with van der Waals surface area (Å²) in [5, 5.41) is 6.53. The van der Waals surface area contributed by atoms with Crippen molar-refractivity contribution >= 4 is 11.9 Å². The van der Waals surface area contributed by atoms with Gasteiger partial charge in [-0.2, -0.15) is 0 Å². The molecule has 0 saturated carbocycles. The summed E-state index contributed by atoms with van der Waals surface area (Å²) in [4.78, 5) is 24.2. The van der Waals surface area contributed by atoms with Gasteiger partial charge in [-0.25, -0.2) is 4.79 Å². The number of amides is 1. The molecule has 1 aliphatic heterocycles. The van der Waals surface area contributed by atoms with Crippen molar-refractivity contribution in [3.05, 3.63) is 41.3 Å². The Morgan fingerprint density at radius 2 is 1.93 bits per heavy atom. The second kappa shape index (κ2) is 8.77. The molecule has 0 aliphatic carbocycles. The van der Waals surface area contributed by atoms with Crippen LogP contribution < -0.4 is 14.8 Å². The standard InChI is InChI=1S/C20H24N2O6/c1-12(2)19(14-5-6-15-16(10-14)26-8-4-7-25-15)21-18(23)11-27-20(24)17-9-13(3)22-28-17/h5-6,9-10,12,19H,4,7-8,11H2,1-3H3,(H,21,23)/t19-/m1/s1. The number of ether oxygens (including phenoxy) is 3. The molecule has 1 N–H and O–H groups in total. The summed E-state index contributed by atoms with van der Waals surface area (Å²) in [6, 6.07) is 6.82. The molecule has 28 heavy (non-hydrogen) atoms. The number of carbonyl (C=O) groups is 2. The summed E-state index contributed by atoms with van der Waals surface area (Å²) < 4.78 is 21.2. The van der Waals surface area contributed by atoms with Gasteiger partial charge in [-0.15, -0.1) is 0 Å². The monoisotopic (exact) mass is 388 g/mol. The van der Waals surface area contributed by atoms with E-state index in [0.717, 1.165) is 12.0 Å². The molecular formula is C20H24N2O6. The van der Waals surface area contributed by atoms with Gasteiger partial charge in [0.05, 0.1) is 24.9 Å². The number of rotatable bonds is 6. The van der Waals surface area contributed by atoms with Gasteiger partial charge in [-0.05, 0) is 30.5 Å². The zero-order chi connectivity index (χ0) is 20.1. The van der Waals surface area contributed by atoms with Crippen molar-refractivity contribution in [3.63, 3.8) is 0 Å². The minimum atomic E-state index is -0.729. The lowest BCUT2D eigenvalue weighted by Gasteiger charge is -2.23. The maximum atomic E-state index is 12.3. The highest BCUT2D eigenvalue weighted by Crippen LogP contribution is 2.34. The van der Waals surface area contributed by atoms with Crippen LogP contribution >= 0.6 is 0 Å². The van der Waals surface area contributed by atoms with Crippen molar-refractivity contribution in [2.24, 2.45) is 5.92 Å². The molecule has 3 rings (SSSR count). The molecule has 0 spiro atoms. The van der Waals surface area contributed by atoms with Crippen molar-refractivity contribution in [1.82, 2.24) is 10.5 Å². The van der Waals surface area contributed by atoms with Crippen LogP contribution in [0.2, 0.25) is 0 Å². The minimum absolute atomic E-state index is 0.0337. The van der Waals surface area contributed by atoms with Crippen molar-refractivity contribution in [1.29, 1.82) is 0 Å². The van der Waals surface area contributed by atoms with Gasteiger partial charge in [0.2, 0.25) is 5.76 Å². The predicted octanol–water partition coefficient (Wildman–Crippen LogP) is 2.81. The van der Waals surface area contributed by atoms with E-state index in [1.165, 1.54) is 6.07 Å². The minimum Gasteiger partial charge on any atom is -0.490 e. The van der Waals surface area contributed by atoms with Crippen molar-refractivity contribution in [2.75, 3.05) is 19.8 Å². The lowest BCUT2D eigenvalue weighted by molar-refractivity contribution is -0.125. The SMILES string of the molecule is Cc1cc(C(=O)OCC(=O)N[C@@H](c2ccc3c(c2)OCCCO3)C(C)C)on1. The van der Waals surface area contributed by atoms with Crippen LogP contribution in [-0.4, -0.2) is 36.9 Å². The normalized spacial score (nSPS) is 14.3. The Bertz CT molecular complexity index is 845. The van der Waals surface area contributed by atoms with Crippen LogP contribution in [0, 0.1) is 12.8 Å². The predicted molar refractivity (Wildman–Crippen MR) is 99.3 cm³/mol. The highest BCUT2D eigenvalue weighted by atomic mass is 16.6. The van der Waals surface area contributed by atoms with E-state index in [1.54, 1.807) is 6.92 Å². The Kier molecular flexibility index (Phi) is 6.18. The maximum Gasteiger partial charge on any atom is 0.377 e. The first-order valence-corrected chi connectivity index (χ1v) is 9.23. The highest BCUT2D eigenvalue weighted by molar-refractivity contribution is 5.88. The Morgan fingerprint density at radius 3 is 2.61 bits per heavy atom. The van der Waals surface area contributed by atoms with Crippen LogP contribution in [0.5, 0.6) is 11.5 Å². The molecule has 2 aromatic rings. The topological polar surface area (TPSA) is 99.9 Å². The second-order valence-corrected chi connectivity index (χ2v) is 6.95. The largest absolute Gasteiger partial charge is 0.490 e. The number of nitrogens with zero attached hydrogens (tertiary/aromatic N) is 1. The van der Waals surface area contributed by atoms with Gasteiger partial charge in [0.25, 0.3) is 5.91 Å². The molecule has 1 amide bonds. The molecular weight excluding hydrogens is 364 g/mol. The van der Waals surface area contributed by atoms with E-state index in [9.17, 15) is 9.59 Å². The fraction of sp³-hybridized carbons (Fsp3) is 0.450. The van der Waals surface area contributed by atoms with Crippen LogP contribution in [-0.2, 0) is 9.53 Å². The van der Waals surface area contributed by atoms with E-state index in [0.29, 0.717) is 30.4 Å². The Hall–Kier alpha value is -3.03. The molecule has 0 radical (unpaired) electrons. The molecule has 0 fully saturated rings. The van der Waals surface area contributed by atoms with Crippen LogP contribution in [0.1, 0.15) is 48.1 Å². The molecule has 8 heteroatoms. The third-order valence-electron chi connectivity index (χ3n) is 4.28. The Balaban J connectivity index is 1.63. The first-order chi connectivity index (χ1) is 13.4. The van der Waals surface area contributed by atoms with Gasteiger partial charge < -0.3 is 24.1 Å². The van der Waals surface area contributed by atoms with Crippen molar-refractivity contribution < 1.29 is 28.3 Å². The average molecular weight is 388 g/mol. The van der Waals surface area contributed by atoms with E-state index in [-0.39, 0.29) is 17.7 Å². The number of aromatic nitrogens is 1. The summed E-state index contributed by atoms with van der Waals surface area (Å²) in [7, 11) is 0. The van der Waals surface area contributed by atoms with Crippen LogP contribution in [0.15, 0.2) is 28.8 Å². The molecule has 8 nitrogen and oxygen atoms in total. The summed E-state index contributed by atoms with van der Waals surface area (Å²) >= 11 is 0. The average Bonchev–Trinajstić information content (AvgIpc) is 2.97. The van der Waals surface area contributed by atoms with Crippen molar-refractivity contribution in [3.8, 4) is 11.5 Å². The first kappa shape index (κ1) is 19.7. The zero-order valence-electron chi connectivity index (χ0n) is 16.2. The van der Waals surface area contributed by atoms with E-state index in [1.807, 2.05) is 32.0 Å². The molecule has 0 bridgehead atoms. The molecule has 0 saturated heterocycles. The van der Waals surface area contributed by atoms with Gasteiger partial charge in [0.1, 0.15) is 0 Å². The number of benzene rings is 1. The van der Waals surface area contributed by atoms with E-state index < -0.39 is 18.5 Å². The Morgan fingerprint density at radius 1 is 1.18 bits per heavy atom. The van der Waals surface area contributed by atoms with Gasteiger partial charge in [0.15, 0.2) is 18.1 Å². The quantitative estimate of drug-likeness (QED) is 0.760. The van der Waals surface area contributed by atoms with E-state index in [4.69, 9.17) is 18.7 Å². The molecule has 1 atom stereocenters. The molecule has 1 aromatic heterocycles. The van der Waals surface area contributed by atoms with Crippen molar-refractivity contribution in [2.45, 2.75) is 33.2 Å². The molecule has 1 aromatic carbocycles. The molecule has 2 heterocycles. The van der Waals surface area contributed by atoms with Crippen LogP contribution in [0.4, 0.5) is 0 Å². The Labute approximate surface area is 163 Å². The lowest BCUT2D eigenvalue weighted by Crippen LogP contribution is -2.35. The molecule has 1 aliphatic rings. The van der Waals surface area contributed by atoms with Gasteiger partial charge in [-0.3, -0.25) is 4.79 Å². The first-order valence-electron chi connectivity index (χ1n) is 9.23. The third-order valence-corrected chi connectivity index (χ3v) is 4.28. The fourth-order valence-corrected chi connectivity index (χ4v) is 2.89. The van der Waals surface area contributed by atoms with Gasteiger partial charge >= 0.3 is 5.97 Å². The van der Waals surface area contributed by atoms with Gasteiger partial charge in [0, 0.05) is 12.5 Å². The fourth-order valence-electron chi connectivity index (χ4n) is 2.89. The zero-order valence-corrected chi connectivity index (χ0v) is 16.2. The van der Waals surface area contributed by atoms with Gasteiger partial charge in [-0.1, -0.05) is 25.1 Å². The molecule has 150 valence electrons. The van der Waals surface area contributed by atoms with E-state index >= 15 is 0 Å². The number of aryl methyl sites for hydroxylation is 1. The smallest absolute Gasteiger partial charge is 0.377 e. The van der Waals surface area contributed by atoms with Crippen LogP contribution in [0.25, 0.3) is 0 Å². The maximum absolute atomic E-state index is 12.3. The number of esters is 1. The number of hydrogen-bond acceptors (Lipinski definition) is 7. The summed E-state index contributed by atoms with van der Waals surface area (Å²) in [6.07, 6.45) is 0.824. The summed E-state index contributed by atoms with van der Waals surface area (Å²) in [5.74, 6) is 0.311. The van der Waals surface area contributed by atoms with Crippen LogP contribution in [0.3, 0.4) is 0 Å². The third kappa shape index (κ3) is 4.82. The second-order valence-electron chi connectivity index (χ2n) is 6.95. The lowest BCUT2D eigenvalue weighted by atomic mass is 9.95. The van der Waals surface area contributed by atoms with E-state index in [2.05, 4.69) is 10.5 Å². The number of hydrogen-bond donors (Lipinski definition) is 1. The summed E-state index contributed by atoms with van der Waals surface area (Å²) in [5.41, 5.74) is 1.45.